The number of nitrogens with zero attached hydrogens (tertiary/aromatic N) is 1. The summed E-state index contributed by atoms with van der Waals surface area (Å²) in [6, 6.07) is 8.68. The van der Waals surface area contributed by atoms with Gasteiger partial charge in [0.25, 0.3) is 0 Å². The number of rotatable bonds is 5. The Morgan fingerprint density at radius 1 is 1.20 bits per heavy atom. The van der Waals surface area contributed by atoms with Gasteiger partial charge in [0.05, 0.1) is 0 Å². The third kappa shape index (κ3) is 3.24. The average Bonchev–Trinajstić information content (AvgIpc) is 2.26. The van der Waals surface area contributed by atoms with Gasteiger partial charge in [-0.05, 0) is 44.1 Å². The highest BCUT2D eigenvalue weighted by Crippen LogP contribution is 2.20. The van der Waals surface area contributed by atoms with Crippen molar-refractivity contribution >= 4 is 5.69 Å². The molecular weight excluding hydrogens is 184 g/mol. The van der Waals surface area contributed by atoms with Crippen LogP contribution in [0.4, 0.5) is 5.69 Å². The molecule has 0 aliphatic rings. The van der Waals surface area contributed by atoms with Crippen molar-refractivity contribution in [1.29, 1.82) is 0 Å². The molecule has 0 radical (unpaired) electrons. The van der Waals surface area contributed by atoms with Crippen LogP contribution in [0.2, 0.25) is 0 Å². The van der Waals surface area contributed by atoms with E-state index in [-0.39, 0.29) is 0 Å². The van der Waals surface area contributed by atoms with E-state index in [1.807, 2.05) is 12.1 Å². The first-order valence-corrected chi connectivity index (χ1v) is 5.78. The molecule has 0 heterocycles. The second kappa shape index (κ2) is 5.76. The van der Waals surface area contributed by atoms with Crippen molar-refractivity contribution in [2.24, 2.45) is 0 Å². The van der Waals surface area contributed by atoms with Gasteiger partial charge in [-0.2, -0.15) is 0 Å². The molecule has 84 valence electrons. The summed E-state index contributed by atoms with van der Waals surface area (Å²) < 4.78 is 0. The standard InChI is InChI=1S/C13H22N2/c1-4-10-15(5-2)11(3)12-6-8-13(14)9-7-12/h6-9,11H,4-5,10,14H2,1-3H3. The molecule has 0 aliphatic carbocycles. The van der Waals surface area contributed by atoms with Gasteiger partial charge in [-0.15, -0.1) is 0 Å². The summed E-state index contributed by atoms with van der Waals surface area (Å²) in [6.07, 6.45) is 1.20. The average molecular weight is 206 g/mol. The van der Waals surface area contributed by atoms with E-state index in [4.69, 9.17) is 5.73 Å². The summed E-state index contributed by atoms with van der Waals surface area (Å²) in [7, 11) is 0. The van der Waals surface area contributed by atoms with Gasteiger partial charge >= 0.3 is 0 Å². The van der Waals surface area contributed by atoms with E-state index >= 15 is 0 Å². The molecular formula is C13H22N2. The molecule has 0 amide bonds. The van der Waals surface area contributed by atoms with Crippen molar-refractivity contribution in [2.75, 3.05) is 18.8 Å². The van der Waals surface area contributed by atoms with E-state index in [1.54, 1.807) is 0 Å². The van der Waals surface area contributed by atoms with Crippen molar-refractivity contribution in [3.63, 3.8) is 0 Å². The predicted octanol–water partition coefficient (Wildman–Crippen LogP) is 3.06. The Labute approximate surface area is 93.1 Å². The Hall–Kier alpha value is -1.02. The van der Waals surface area contributed by atoms with Crippen molar-refractivity contribution in [1.82, 2.24) is 4.90 Å². The lowest BCUT2D eigenvalue weighted by atomic mass is 10.1. The van der Waals surface area contributed by atoms with E-state index in [2.05, 4.69) is 37.8 Å². The molecule has 1 atom stereocenters. The van der Waals surface area contributed by atoms with Crippen molar-refractivity contribution in [3.05, 3.63) is 29.8 Å². The third-order valence-electron chi connectivity index (χ3n) is 2.88. The fourth-order valence-corrected chi connectivity index (χ4v) is 1.90. The Morgan fingerprint density at radius 3 is 2.27 bits per heavy atom. The van der Waals surface area contributed by atoms with Crippen LogP contribution >= 0.6 is 0 Å². The van der Waals surface area contributed by atoms with E-state index in [0.717, 1.165) is 18.8 Å². The molecule has 1 unspecified atom stereocenters. The molecule has 0 bridgehead atoms. The van der Waals surface area contributed by atoms with E-state index in [1.165, 1.54) is 12.0 Å². The molecule has 1 aromatic rings. The number of nitrogens with two attached hydrogens (primary N) is 1. The monoisotopic (exact) mass is 206 g/mol. The highest BCUT2D eigenvalue weighted by Gasteiger charge is 2.12. The molecule has 0 fully saturated rings. The molecule has 15 heavy (non-hydrogen) atoms. The fraction of sp³-hybridized carbons (Fsp3) is 0.538. The minimum absolute atomic E-state index is 0.482. The van der Waals surface area contributed by atoms with Crippen LogP contribution in [0.1, 0.15) is 38.8 Å². The molecule has 1 aromatic carbocycles. The molecule has 0 spiro atoms. The molecule has 0 saturated carbocycles. The first-order chi connectivity index (χ1) is 7.19. The molecule has 0 saturated heterocycles. The summed E-state index contributed by atoms with van der Waals surface area (Å²) in [5, 5.41) is 0. The normalized spacial score (nSPS) is 13.1. The van der Waals surface area contributed by atoms with E-state index in [0.29, 0.717) is 6.04 Å². The van der Waals surface area contributed by atoms with Crippen LogP contribution in [-0.4, -0.2) is 18.0 Å². The Kier molecular flexibility index (Phi) is 4.63. The number of benzene rings is 1. The van der Waals surface area contributed by atoms with Gasteiger partial charge in [0.1, 0.15) is 0 Å². The minimum Gasteiger partial charge on any atom is -0.399 e. The fourth-order valence-electron chi connectivity index (χ4n) is 1.90. The maximum absolute atomic E-state index is 5.68. The van der Waals surface area contributed by atoms with Gasteiger partial charge in [-0.3, -0.25) is 4.90 Å². The lowest BCUT2D eigenvalue weighted by Crippen LogP contribution is -2.27. The molecule has 0 aromatic heterocycles. The lowest BCUT2D eigenvalue weighted by Gasteiger charge is -2.27. The van der Waals surface area contributed by atoms with Crippen molar-refractivity contribution < 1.29 is 0 Å². The highest BCUT2D eigenvalue weighted by atomic mass is 15.1. The van der Waals surface area contributed by atoms with Crippen LogP contribution in [0.25, 0.3) is 0 Å². The zero-order valence-corrected chi connectivity index (χ0v) is 10.0. The zero-order chi connectivity index (χ0) is 11.3. The number of nitrogen functional groups attached to an aromatic ring is 1. The van der Waals surface area contributed by atoms with Gasteiger partial charge in [0.2, 0.25) is 0 Å². The van der Waals surface area contributed by atoms with Gasteiger partial charge in [-0.25, -0.2) is 0 Å². The van der Waals surface area contributed by atoms with Crippen LogP contribution in [0.15, 0.2) is 24.3 Å². The Balaban J connectivity index is 2.73. The molecule has 0 aliphatic heterocycles. The molecule has 2 N–H and O–H groups in total. The second-order valence-electron chi connectivity index (χ2n) is 3.97. The molecule has 2 nitrogen and oxygen atoms in total. The SMILES string of the molecule is CCCN(CC)C(C)c1ccc(N)cc1. The summed E-state index contributed by atoms with van der Waals surface area (Å²) in [6.45, 7) is 8.94. The lowest BCUT2D eigenvalue weighted by molar-refractivity contribution is 0.222. The third-order valence-corrected chi connectivity index (χ3v) is 2.88. The first-order valence-electron chi connectivity index (χ1n) is 5.78. The van der Waals surface area contributed by atoms with Gasteiger partial charge in [0, 0.05) is 11.7 Å². The predicted molar refractivity (Wildman–Crippen MR) is 66.8 cm³/mol. The van der Waals surface area contributed by atoms with Crippen LogP contribution in [0.3, 0.4) is 0 Å². The first kappa shape index (κ1) is 12.1. The summed E-state index contributed by atoms with van der Waals surface area (Å²) in [5.41, 5.74) is 7.86. The Morgan fingerprint density at radius 2 is 1.80 bits per heavy atom. The van der Waals surface area contributed by atoms with Crippen LogP contribution in [-0.2, 0) is 0 Å². The number of anilines is 1. The highest BCUT2D eigenvalue weighted by molar-refractivity contribution is 5.40. The largest absolute Gasteiger partial charge is 0.399 e. The van der Waals surface area contributed by atoms with Gasteiger partial charge < -0.3 is 5.73 Å². The molecule has 2 heteroatoms. The summed E-state index contributed by atoms with van der Waals surface area (Å²) in [5.74, 6) is 0. The Bertz CT molecular complexity index is 279. The van der Waals surface area contributed by atoms with Crippen molar-refractivity contribution in [2.45, 2.75) is 33.2 Å². The minimum atomic E-state index is 0.482. The topological polar surface area (TPSA) is 29.3 Å². The van der Waals surface area contributed by atoms with Crippen LogP contribution in [0, 0.1) is 0 Å². The maximum Gasteiger partial charge on any atom is 0.0319 e. The zero-order valence-electron chi connectivity index (χ0n) is 10.0. The quantitative estimate of drug-likeness (QED) is 0.750. The van der Waals surface area contributed by atoms with E-state index < -0.39 is 0 Å². The molecule has 1 rings (SSSR count). The van der Waals surface area contributed by atoms with Crippen LogP contribution in [0.5, 0.6) is 0 Å². The van der Waals surface area contributed by atoms with Gasteiger partial charge in [-0.1, -0.05) is 26.0 Å². The maximum atomic E-state index is 5.68. The smallest absolute Gasteiger partial charge is 0.0319 e. The second-order valence-corrected chi connectivity index (χ2v) is 3.97. The summed E-state index contributed by atoms with van der Waals surface area (Å²) >= 11 is 0. The number of hydrogen-bond donors (Lipinski definition) is 1. The van der Waals surface area contributed by atoms with E-state index in [9.17, 15) is 0 Å². The summed E-state index contributed by atoms with van der Waals surface area (Å²) in [4.78, 5) is 2.48. The van der Waals surface area contributed by atoms with Crippen molar-refractivity contribution in [3.8, 4) is 0 Å². The number of hydrogen-bond acceptors (Lipinski definition) is 2. The van der Waals surface area contributed by atoms with Crippen LogP contribution < -0.4 is 5.73 Å². The van der Waals surface area contributed by atoms with Gasteiger partial charge in [0.15, 0.2) is 0 Å².